The molecular weight excluding hydrogens is 256 g/mol. The number of hydrogen-bond acceptors (Lipinski definition) is 3. The first-order valence-corrected chi connectivity index (χ1v) is 7.44. The van der Waals surface area contributed by atoms with Crippen LogP contribution in [-0.2, 0) is 9.53 Å². The van der Waals surface area contributed by atoms with Crippen molar-refractivity contribution in [1.29, 1.82) is 0 Å². The molecule has 20 heavy (non-hydrogen) atoms. The molecule has 5 nitrogen and oxygen atoms in total. The highest BCUT2D eigenvalue weighted by molar-refractivity contribution is 5.81. The van der Waals surface area contributed by atoms with Gasteiger partial charge in [0.15, 0.2) is 0 Å². The van der Waals surface area contributed by atoms with Crippen LogP contribution in [0.3, 0.4) is 0 Å². The number of rotatable bonds is 8. The lowest BCUT2D eigenvalue weighted by Gasteiger charge is -2.25. The molecule has 0 spiro atoms. The van der Waals surface area contributed by atoms with Crippen LogP contribution in [0.25, 0.3) is 0 Å². The molecule has 0 aromatic rings. The quantitative estimate of drug-likeness (QED) is 0.721. The molecule has 5 heteroatoms. The summed E-state index contributed by atoms with van der Waals surface area (Å²) in [4.78, 5) is 23.5. The second-order valence-electron chi connectivity index (χ2n) is 6.14. The molecule has 1 unspecified atom stereocenters. The van der Waals surface area contributed by atoms with Crippen molar-refractivity contribution in [3.05, 3.63) is 0 Å². The van der Waals surface area contributed by atoms with E-state index in [2.05, 4.69) is 24.5 Å². The van der Waals surface area contributed by atoms with E-state index in [9.17, 15) is 9.59 Å². The summed E-state index contributed by atoms with van der Waals surface area (Å²) in [6.07, 6.45) is 1.15. The summed E-state index contributed by atoms with van der Waals surface area (Å²) in [5.74, 6) is 0.442. The van der Waals surface area contributed by atoms with Crippen molar-refractivity contribution in [3.63, 3.8) is 0 Å². The predicted molar refractivity (Wildman–Crippen MR) is 80.5 cm³/mol. The zero-order chi connectivity index (χ0) is 15.8. The van der Waals surface area contributed by atoms with Crippen molar-refractivity contribution >= 4 is 12.0 Å². The molecule has 0 rings (SSSR count). The molecule has 0 saturated heterocycles. The van der Waals surface area contributed by atoms with Crippen molar-refractivity contribution < 1.29 is 14.3 Å². The maximum Gasteiger partial charge on any atom is 0.407 e. The molecule has 2 N–H and O–H groups in total. The predicted octanol–water partition coefficient (Wildman–Crippen LogP) is 2.70. The van der Waals surface area contributed by atoms with E-state index in [1.807, 2.05) is 20.8 Å². The van der Waals surface area contributed by atoms with Gasteiger partial charge in [-0.15, -0.1) is 0 Å². The summed E-state index contributed by atoms with van der Waals surface area (Å²) in [6, 6.07) is -0.106. The summed E-state index contributed by atoms with van der Waals surface area (Å²) in [5, 5.41) is 5.72. The van der Waals surface area contributed by atoms with E-state index < -0.39 is 6.09 Å². The van der Waals surface area contributed by atoms with Crippen LogP contribution in [0.15, 0.2) is 0 Å². The third-order valence-corrected chi connectivity index (χ3v) is 3.36. The Hall–Kier alpha value is -1.26. The zero-order valence-corrected chi connectivity index (χ0v) is 13.7. The van der Waals surface area contributed by atoms with Gasteiger partial charge in [-0.1, -0.05) is 34.6 Å². The molecule has 0 aliphatic rings. The van der Waals surface area contributed by atoms with Gasteiger partial charge in [-0.3, -0.25) is 4.79 Å². The first kappa shape index (κ1) is 18.7. The highest BCUT2D eigenvalue weighted by Crippen LogP contribution is 2.19. The Morgan fingerprint density at radius 3 is 2.25 bits per heavy atom. The minimum Gasteiger partial charge on any atom is -0.450 e. The summed E-state index contributed by atoms with van der Waals surface area (Å²) < 4.78 is 4.89. The fourth-order valence-electron chi connectivity index (χ4n) is 1.72. The molecule has 0 saturated carbocycles. The third kappa shape index (κ3) is 7.36. The molecule has 0 heterocycles. The Kier molecular flexibility index (Phi) is 8.26. The van der Waals surface area contributed by atoms with Gasteiger partial charge in [0.2, 0.25) is 5.91 Å². The Balaban J connectivity index is 4.43. The fraction of sp³-hybridized carbons (Fsp3) is 0.867. The van der Waals surface area contributed by atoms with Crippen LogP contribution >= 0.6 is 0 Å². The van der Waals surface area contributed by atoms with Crippen molar-refractivity contribution in [1.82, 2.24) is 10.6 Å². The maximum absolute atomic E-state index is 12.0. The normalized spacial score (nSPS) is 12.9. The average Bonchev–Trinajstić information content (AvgIpc) is 2.35. The van der Waals surface area contributed by atoms with Crippen LogP contribution in [-0.4, -0.2) is 31.2 Å². The molecular formula is C15H30N2O3. The van der Waals surface area contributed by atoms with Crippen LogP contribution in [0.4, 0.5) is 4.79 Å². The van der Waals surface area contributed by atoms with E-state index in [-0.39, 0.29) is 17.4 Å². The molecule has 0 aromatic heterocycles. The average molecular weight is 286 g/mol. The van der Waals surface area contributed by atoms with E-state index in [0.717, 1.165) is 12.8 Å². The lowest BCUT2D eigenvalue weighted by molar-refractivity contribution is -0.129. The zero-order valence-electron chi connectivity index (χ0n) is 13.7. The van der Waals surface area contributed by atoms with Gasteiger partial charge in [0.05, 0.1) is 6.61 Å². The van der Waals surface area contributed by atoms with Crippen LogP contribution in [0.1, 0.15) is 54.4 Å². The first-order valence-electron chi connectivity index (χ1n) is 7.44. The van der Waals surface area contributed by atoms with Crippen molar-refractivity contribution in [3.8, 4) is 0 Å². The monoisotopic (exact) mass is 286 g/mol. The SMILES string of the molecule is CCOC(=O)NC(CNC(=O)C(C)(C)CC)CC(C)C. The number of nitrogens with one attached hydrogen (secondary N) is 2. The van der Waals surface area contributed by atoms with Crippen molar-refractivity contribution in [2.24, 2.45) is 11.3 Å². The van der Waals surface area contributed by atoms with Crippen molar-refractivity contribution in [2.75, 3.05) is 13.2 Å². The van der Waals surface area contributed by atoms with E-state index >= 15 is 0 Å². The Labute approximate surface area is 122 Å². The van der Waals surface area contributed by atoms with Crippen LogP contribution in [0.5, 0.6) is 0 Å². The summed E-state index contributed by atoms with van der Waals surface area (Å²) >= 11 is 0. The molecule has 0 aliphatic carbocycles. The van der Waals surface area contributed by atoms with Crippen LogP contribution < -0.4 is 10.6 Å². The number of ether oxygens (including phenoxy) is 1. The van der Waals surface area contributed by atoms with E-state index in [4.69, 9.17) is 4.74 Å². The minimum atomic E-state index is -0.429. The van der Waals surface area contributed by atoms with Gasteiger partial charge < -0.3 is 15.4 Å². The summed E-state index contributed by atoms with van der Waals surface area (Å²) in [6.45, 7) is 12.5. The molecule has 0 bridgehead atoms. The Morgan fingerprint density at radius 1 is 1.20 bits per heavy atom. The molecule has 2 amide bonds. The molecule has 0 fully saturated rings. The Bertz CT molecular complexity index is 314. The van der Waals surface area contributed by atoms with Gasteiger partial charge in [0.25, 0.3) is 0 Å². The van der Waals surface area contributed by atoms with Crippen LogP contribution in [0, 0.1) is 11.3 Å². The first-order chi connectivity index (χ1) is 9.22. The number of carbonyl (C=O) groups is 2. The topological polar surface area (TPSA) is 67.4 Å². The van der Waals surface area contributed by atoms with E-state index in [1.165, 1.54) is 0 Å². The van der Waals surface area contributed by atoms with Gasteiger partial charge in [0.1, 0.15) is 0 Å². The molecule has 118 valence electrons. The molecule has 1 atom stereocenters. The maximum atomic E-state index is 12.0. The molecule has 0 aromatic carbocycles. The van der Waals surface area contributed by atoms with E-state index in [0.29, 0.717) is 19.1 Å². The van der Waals surface area contributed by atoms with Crippen LogP contribution in [0.2, 0.25) is 0 Å². The number of hydrogen-bond donors (Lipinski definition) is 2. The number of carbonyl (C=O) groups excluding carboxylic acids is 2. The number of amides is 2. The highest BCUT2D eigenvalue weighted by Gasteiger charge is 2.26. The minimum absolute atomic E-state index is 0.0133. The third-order valence-electron chi connectivity index (χ3n) is 3.36. The van der Waals surface area contributed by atoms with Crippen molar-refractivity contribution in [2.45, 2.75) is 60.4 Å². The second-order valence-corrected chi connectivity index (χ2v) is 6.14. The fourth-order valence-corrected chi connectivity index (χ4v) is 1.72. The second kappa shape index (κ2) is 8.82. The van der Waals surface area contributed by atoms with Gasteiger partial charge in [-0.2, -0.15) is 0 Å². The lowest BCUT2D eigenvalue weighted by atomic mass is 9.89. The van der Waals surface area contributed by atoms with Gasteiger partial charge in [0, 0.05) is 18.0 Å². The highest BCUT2D eigenvalue weighted by atomic mass is 16.5. The Morgan fingerprint density at radius 2 is 1.80 bits per heavy atom. The van der Waals surface area contributed by atoms with Gasteiger partial charge in [-0.25, -0.2) is 4.79 Å². The summed E-state index contributed by atoms with van der Waals surface area (Å²) in [7, 11) is 0. The van der Waals surface area contributed by atoms with Gasteiger partial charge >= 0.3 is 6.09 Å². The smallest absolute Gasteiger partial charge is 0.407 e. The standard InChI is InChI=1S/C15H30N2O3/c1-7-15(5,6)13(18)16-10-12(9-11(3)4)17-14(19)20-8-2/h11-12H,7-10H2,1-6H3,(H,16,18)(H,17,19). The number of alkyl carbamates (subject to hydrolysis) is 1. The van der Waals surface area contributed by atoms with Gasteiger partial charge in [-0.05, 0) is 25.7 Å². The summed E-state index contributed by atoms with van der Waals surface area (Å²) in [5.41, 5.74) is -0.383. The lowest BCUT2D eigenvalue weighted by Crippen LogP contribution is -2.47. The van der Waals surface area contributed by atoms with E-state index in [1.54, 1.807) is 6.92 Å². The molecule has 0 radical (unpaired) electrons. The largest absolute Gasteiger partial charge is 0.450 e. The molecule has 0 aliphatic heterocycles.